The number of methoxy groups -OCH3 is 1. The largest absolute Gasteiger partial charge is 0.453 e. The molecule has 1 aliphatic heterocycles. The Balaban J connectivity index is 2.19. The van der Waals surface area contributed by atoms with Crippen molar-refractivity contribution in [3.05, 3.63) is 0 Å². The summed E-state index contributed by atoms with van der Waals surface area (Å²) in [5.74, 6) is 0.994. The van der Waals surface area contributed by atoms with Gasteiger partial charge in [0.15, 0.2) is 0 Å². The quantitative estimate of drug-likeness (QED) is 0.831. The van der Waals surface area contributed by atoms with E-state index < -0.39 is 0 Å². The van der Waals surface area contributed by atoms with E-state index in [2.05, 4.69) is 10.1 Å². The van der Waals surface area contributed by atoms with Crippen LogP contribution in [0.1, 0.15) is 33.1 Å². The highest BCUT2D eigenvalue weighted by Gasteiger charge is 2.23. The summed E-state index contributed by atoms with van der Waals surface area (Å²) < 4.78 is 4.68. The predicted octanol–water partition coefficient (Wildman–Crippen LogP) is 1.63. The van der Waals surface area contributed by atoms with Gasteiger partial charge in [0.25, 0.3) is 0 Å². The first-order valence-electron chi connectivity index (χ1n) is 6.62. The van der Waals surface area contributed by atoms with Gasteiger partial charge in [-0.05, 0) is 24.7 Å². The van der Waals surface area contributed by atoms with E-state index in [4.69, 9.17) is 0 Å². The van der Waals surface area contributed by atoms with Gasteiger partial charge in [-0.2, -0.15) is 0 Å². The van der Waals surface area contributed by atoms with Crippen molar-refractivity contribution < 1.29 is 14.3 Å². The van der Waals surface area contributed by atoms with E-state index in [1.54, 1.807) is 4.90 Å². The fourth-order valence-corrected chi connectivity index (χ4v) is 2.15. The first-order chi connectivity index (χ1) is 8.52. The molecule has 5 heteroatoms. The lowest BCUT2D eigenvalue weighted by atomic mass is 9.97. The number of amides is 2. The highest BCUT2D eigenvalue weighted by molar-refractivity contribution is 5.76. The summed E-state index contributed by atoms with van der Waals surface area (Å²) >= 11 is 0. The number of nitrogens with zero attached hydrogens (tertiary/aromatic N) is 1. The summed E-state index contributed by atoms with van der Waals surface area (Å²) in [5, 5.41) is 2.97. The van der Waals surface area contributed by atoms with Crippen molar-refractivity contribution in [2.24, 2.45) is 11.8 Å². The Morgan fingerprint density at radius 3 is 2.44 bits per heavy atom. The standard InChI is InChI=1S/C13H24N2O3/c1-10(2)8-12(16)14-9-11-4-6-15(7-5-11)13(17)18-3/h10-11H,4-9H2,1-3H3,(H,14,16). The zero-order valence-electron chi connectivity index (χ0n) is 11.6. The monoisotopic (exact) mass is 256 g/mol. The SMILES string of the molecule is COC(=O)N1CCC(CNC(=O)CC(C)C)CC1. The van der Waals surface area contributed by atoms with Gasteiger partial charge in [-0.1, -0.05) is 13.8 Å². The number of nitrogens with one attached hydrogen (secondary N) is 1. The molecular weight excluding hydrogens is 232 g/mol. The van der Waals surface area contributed by atoms with E-state index in [-0.39, 0.29) is 12.0 Å². The smallest absolute Gasteiger partial charge is 0.409 e. The number of ether oxygens (including phenoxy) is 1. The first kappa shape index (κ1) is 14.8. The molecule has 18 heavy (non-hydrogen) atoms. The van der Waals surface area contributed by atoms with E-state index in [0.29, 0.717) is 18.3 Å². The van der Waals surface area contributed by atoms with Crippen molar-refractivity contribution in [1.29, 1.82) is 0 Å². The molecule has 1 N–H and O–H groups in total. The van der Waals surface area contributed by atoms with Crippen LogP contribution in [0.2, 0.25) is 0 Å². The van der Waals surface area contributed by atoms with Gasteiger partial charge >= 0.3 is 6.09 Å². The van der Waals surface area contributed by atoms with Gasteiger partial charge in [0.2, 0.25) is 5.91 Å². The van der Waals surface area contributed by atoms with Gasteiger partial charge in [0.05, 0.1) is 7.11 Å². The lowest BCUT2D eigenvalue weighted by Gasteiger charge is -2.31. The molecule has 0 spiro atoms. The topological polar surface area (TPSA) is 58.6 Å². The highest BCUT2D eigenvalue weighted by Crippen LogP contribution is 2.17. The molecule has 0 aliphatic carbocycles. The first-order valence-corrected chi connectivity index (χ1v) is 6.62. The second-order valence-corrected chi connectivity index (χ2v) is 5.30. The molecule has 0 radical (unpaired) electrons. The molecular formula is C13H24N2O3. The van der Waals surface area contributed by atoms with Crippen LogP contribution in [0, 0.1) is 11.8 Å². The summed E-state index contributed by atoms with van der Waals surface area (Å²) in [7, 11) is 1.40. The lowest BCUT2D eigenvalue weighted by molar-refractivity contribution is -0.122. The van der Waals surface area contributed by atoms with Gasteiger partial charge in [0, 0.05) is 26.1 Å². The van der Waals surface area contributed by atoms with Crippen molar-refractivity contribution in [3.8, 4) is 0 Å². The third-order valence-corrected chi connectivity index (χ3v) is 3.23. The van der Waals surface area contributed by atoms with Crippen LogP contribution >= 0.6 is 0 Å². The van der Waals surface area contributed by atoms with Crippen molar-refractivity contribution >= 4 is 12.0 Å². The average molecular weight is 256 g/mol. The Kier molecular flexibility index (Phi) is 5.95. The predicted molar refractivity (Wildman–Crippen MR) is 69.2 cm³/mol. The molecule has 2 amide bonds. The van der Waals surface area contributed by atoms with Gasteiger partial charge in [-0.25, -0.2) is 4.79 Å². The van der Waals surface area contributed by atoms with Crippen LogP contribution in [0.4, 0.5) is 4.79 Å². The van der Waals surface area contributed by atoms with Gasteiger partial charge in [0.1, 0.15) is 0 Å². The number of likely N-dealkylation sites (tertiary alicyclic amines) is 1. The third-order valence-electron chi connectivity index (χ3n) is 3.23. The summed E-state index contributed by atoms with van der Waals surface area (Å²) in [6.07, 6.45) is 2.19. The molecule has 0 saturated carbocycles. The highest BCUT2D eigenvalue weighted by atomic mass is 16.5. The maximum absolute atomic E-state index is 11.5. The summed E-state index contributed by atoms with van der Waals surface area (Å²) in [5.41, 5.74) is 0. The molecule has 1 aliphatic rings. The van der Waals surface area contributed by atoms with Crippen LogP contribution in [0.15, 0.2) is 0 Å². The molecule has 0 bridgehead atoms. The molecule has 1 rings (SSSR count). The van der Waals surface area contributed by atoms with Crippen molar-refractivity contribution in [2.45, 2.75) is 33.1 Å². The normalized spacial score (nSPS) is 16.8. The number of carbonyl (C=O) groups excluding carboxylic acids is 2. The Bertz CT molecular complexity index is 284. The molecule has 1 saturated heterocycles. The molecule has 0 unspecified atom stereocenters. The van der Waals surface area contributed by atoms with Gasteiger partial charge in [-0.3, -0.25) is 4.79 Å². The van der Waals surface area contributed by atoms with Crippen molar-refractivity contribution in [3.63, 3.8) is 0 Å². The second-order valence-electron chi connectivity index (χ2n) is 5.30. The van der Waals surface area contributed by atoms with E-state index >= 15 is 0 Å². The molecule has 0 aromatic carbocycles. The van der Waals surface area contributed by atoms with Crippen molar-refractivity contribution in [2.75, 3.05) is 26.7 Å². The summed E-state index contributed by atoms with van der Waals surface area (Å²) in [6, 6.07) is 0. The number of rotatable bonds is 4. The van der Waals surface area contributed by atoms with Crippen LogP contribution in [0.5, 0.6) is 0 Å². The minimum atomic E-state index is -0.253. The number of carbonyl (C=O) groups is 2. The van der Waals surface area contributed by atoms with Crippen LogP contribution in [-0.2, 0) is 9.53 Å². The van der Waals surface area contributed by atoms with Crippen LogP contribution in [0.25, 0.3) is 0 Å². The maximum atomic E-state index is 11.5. The lowest BCUT2D eigenvalue weighted by Crippen LogP contribution is -2.41. The van der Waals surface area contributed by atoms with Crippen LogP contribution in [-0.4, -0.2) is 43.6 Å². The Morgan fingerprint density at radius 2 is 1.94 bits per heavy atom. The van der Waals surface area contributed by atoms with E-state index in [1.807, 2.05) is 13.8 Å². The Hall–Kier alpha value is -1.26. The maximum Gasteiger partial charge on any atom is 0.409 e. The summed E-state index contributed by atoms with van der Waals surface area (Å²) in [6.45, 7) is 6.23. The van der Waals surface area contributed by atoms with E-state index in [9.17, 15) is 9.59 Å². The third kappa shape index (κ3) is 4.94. The number of hydrogen-bond acceptors (Lipinski definition) is 3. The van der Waals surface area contributed by atoms with E-state index in [0.717, 1.165) is 32.5 Å². The molecule has 1 fully saturated rings. The summed E-state index contributed by atoms with van der Waals surface area (Å²) in [4.78, 5) is 24.5. The molecule has 104 valence electrons. The fraction of sp³-hybridized carbons (Fsp3) is 0.846. The average Bonchev–Trinajstić information content (AvgIpc) is 2.35. The molecule has 5 nitrogen and oxygen atoms in total. The number of piperidine rings is 1. The van der Waals surface area contributed by atoms with Crippen molar-refractivity contribution in [1.82, 2.24) is 10.2 Å². The Morgan fingerprint density at radius 1 is 1.33 bits per heavy atom. The van der Waals surface area contributed by atoms with E-state index in [1.165, 1.54) is 7.11 Å². The number of hydrogen-bond donors (Lipinski definition) is 1. The zero-order valence-corrected chi connectivity index (χ0v) is 11.6. The minimum Gasteiger partial charge on any atom is -0.453 e. The fourth-order valence-electron chi connectivity index (χ4n) is 2.15. The minimum absolute atomic E-state index is 0.125. The Labute approximate surface area is 109 Å². The van der Waals surface area contributed by atoms with Crippen LogP contribution < -0.4 is 5.32 Å². The zero-order chi connectivity index (χ0) is 13.5. The van der Waals surface area contributed by atoms with Crippen LogP contribution in [0.3, 0.4) is 0 Å². The van der Waals surface area contributed by atoms with Gasteiger partial charge in [-0.15, -0.1) is 0 Å². The van der Waals surface area contributed by atoms with Gasteiger partial charge < -0.3 is 15.0 Å². The molecule has 0 aromatic heterocycles. The molecule has 1 heterocycles. The molecule has 0 aromatic rings. The second kappa shape index (κ2) is 7.24. The molecule has 0 atom stereocenters.